The minimum Gasteiger partial charge on any atom is -0.271 e. The first-order valence-electron chi connectivity index (χ1n) is 3.29. The lowest BCUT2D eigenvalue weighted by Gasteiger charge is -2.04. The molecule has 0 amide bonds. The quantitative estimate of drug-likeness (QED) is 0.388. The lowest BCUT2D eigenvalue weighted by molar-refractivity contribution is 0.517. The van der Waals surface area contributed by atoms with Crippen molar-refractivity contribution in [2.24, 2.45) is 11.8 Å². The summed E-state index contributed by atoms with van der Waals surface area (Å²) in [6.45, 7) is 2.28. The standard InChI is InChI=1S/C6H14N2/c1-5-2-3-6(4-5)8-7/h5-6,8H,2-4,7H2,1H3/t5-,6+/m1/s1. The molecule has 0 aromatic rings. The molecule has 0 aromatic carbocycles. The highest BCUT2D eigenvalue weighted by molar-refractivity contribution is 4.75. The fraction of sp³-hybridized carbons (Fsp3) is 1.00. The Bertz CT molecular complexity index is 72.9. The minimum absolute atomic E-state index is 0.602. The smallest absolute Gasteiger partial charge is 0.0213 e. The maximum atomic E-state index is 5.25. The number of nitrogens with two attached hydrogens (primary N) is 1. The third-order valence-electron chi connectivity index (χ3n) is 1.93. The van der Waals surface area contributed by atoms with Crippen molar-refractivity contribution >= 4 is 0 Å². The Hall–Kier alpha value is -0.0800. The van der Waals surface area contributed by atoms with Gasteiger partial charge in [-0.15, -0.1) is 0 Å². The van der Waals surface area contributed by atoms with E-state index < -0.39 is 0 Å². The maximum Gasteiger partial charge on any atom is 0.0213 e. The first-order valence-corrected chi connectivity index (χ1v) is 3.29. The van der Waals surface area contributed by atoms with Crippen molar-refractivity contribution in [1.82, 2.24) is 5.43 Å². The van der Waals surface area contributed by atoms with E-state index >= 15 is 0 Å². The van der Waals surface area contributed by atoms with Gasteiger partial charge >= 0.3 is 0 Å². The van der Waals surface area contributed by atoms with Gasteiger partial charge in [0.2, 0.25) is 0 Å². The molecule has 0 aromatic heterocycles. The van der Waals surface area contributed by atoms with Gasteiger partial charge in [0, 0.05) is 6.04 Å². The molecule has 2 heteroatoms. The largest absolute Gasteiger partial charge is 0.271 e. The molecule has 0 aliphatic heterocycles. The van der Waals surface area contributed by atoms with E-state index in [0.717, 1.165) is 5.92 Å². The molecule has 0 unspecified atom stereocenters. The summed E-state index contributed by atoms with van der Waals surface area (Å²) >= 11 is 0. The van der Waals surface area contributed by atoms with Crippen LogP contribution in [0.1, 0.15) is 26.2 Å². The number of hydrogen-bond acceptors (Lipinski definition) is 2. The van der Waals surface area contributed by atoms with Crippen molar-refractivity contribution in [3.8, 4) is 0 Å². The van der Waals surface area contributed by atoms with Crippen LogP contribution in [0.3, 0.4) is 0 Å². The van der Waals surface area contributed by atoms with Crippen LogP contribution >= 0.6 is 0 Å². The summed E-state index contributed by atoms with van der Waals surface area (Å²) in [5.41, 5.74) is 2.79. The van der Waals surface area contributed by atoms with Crippen LogP contribution in [-0.4, -0.2) is 6.04 Å². The van der Waals surface area contributed by atoms with Crippen LogP contribution in [0.4, 0.5) is 0 Å². The SMILES string of the molecule is C[C@@H]1CC[C@H](NN)C1. The van der Waals surface area contributed by atoms with Gasteiger partial charge in [-0.2, -0.15) is 0 Å². The molecule has 3 N–H and O–H groups in total. The van der Waals surface area contributed by atoms with E-state index in [2.05, 4.69) is 12.3 Å². The van der Waals surface area contributed by atoms with E-state index in [1.807, 2.05) is 0 Å². The van der Waals surface area contributed by atoms with Gasteiger partial charge in [-0.05, 0) is 25.2 Å². The van der Waals surface area contributed by atoms with Crippen molar-refractivity contribution in [3.05, 3.63) is 0 Å². The molecular formula is C6H14N2. The molecular weight excluding hydrogens is 100 g/mol. The molecule has 1 rings (SSSR count). The normalized spacial score (nSPS) is 38.2. The van der Waals surface area contributed by atoms with Crippen LogP contribution in [0.15, 0.2) is 0 Å². The third-order valence-corrected chi connectivity index (χ3v) is 1.93. The van der Waals surface area contributed by atoms with Gasteiger partial charge < -0.3 is 0 Å². The summed E-state index contributed by atoms with van der Waals surface area (Å²) in [6.07, 6.45) is 3.86. The highest BCUT2D eigenvalue weighted by atomic mass is 15.2. The van der Waals surface area contributed by atoms with Crippen molar-refractivity contribution < 1.29 is 0 Å². The van der Waals surface area contributed by atoms with Gasteiger partial charge in [-0.3, -0.25) is 11.3 Å². The number of nitrogens with one attached hydrogen (secondary N) is 1. The average molecular weight is 114 g/mol. The minimum atomic E-state index is 0.602. The van der Waals surface area contributed by atoms with E-state index in [1.54, 1.807) is 0 Å². The molecule has 1 saturated carbocycles. The molecule has 0 spiro atoms. The van der Waals surface area contributed by atoms with E-state index in [4.69, 9.17) is 5.84 Å². The molecule has 2 atom stereocenters. The fourth-order valence-corrected chi connectivity index (χ4v) is 1.36. The molecule has 48 valence electrons. The Morgan fingerprint density at radius 1 is 1.50 bits per heavy atom. The van der Waals surface area contributed by atoms with Crippen molar-refractivity contribution in [3.63, 3.8) is 0 Å². The monoisotopic (exact) mass is 114 g/mol. The van der Waals surface area contributed by atoms with Crippen LogP contribution in [0.5, 0.6) is 0 Å². The summed E-state index contributed by atoms with van der Waals surface area (Å²) in [7, 11) is 0. The van der Waals surface area contributed by atoms with Crippen molar-refractivity contribution in [1.29, 1.82) is 0 Å². The Morgan fingerprint density at radius 3 is 2.50 bits per heavy atom. The summed E-state index contributed by atoms with van der Waals surface area (Å²) < 4.78 is 0. The summed E-state index contributed by atoms with van der Waals surface area (Å²) in [5.74, 6) is 6.13. The fourth-order valence-electron chi connectivity index (χ4n) is 1.36. The van der Waals surface area contributed by atoms with Crippen LogP contribution in [0.2, 0.25) is 0 Å². The molecule has 1 fully saturated rings. The third kappa shape index (κ3) is 1.20. The number of hydrogen-bond donors (Lipinski definition) is 2. The van der Waals surface area contributed by atoms with Gasteiger partial charge in [-0.1, -0.05) is 6.92 Å². The second-order valence-electron chi connectivity index (χ2n) is 2.78. The van der Waals surface area contributed by atoms with Crippen LogP contribution in [0, 0.1) is 5.92 Å². The second-order valence-corrected chi connectivity index (χ2v) is 2.78. The summed E-state index contributed by atoms with van der Waals surface area (Å²) in [6, 6.07) is 0.602. The Labute approximate surface area is 50.4 Å². The van der Waals surface area contributed by atoms with Gasteiger partial charge in [-0.25, -0.2) is 0 Å². The molecule has 2 nitrogen and oxygen atoms in total. The molecule has 1 aliphatic rings. The summed E-state index contributed by atoms with van der Waals surface area (Å²) in [4.78, 5) is 0. The second kappa shape index (κ2) is 2.46. The predicted octanol–water partition coefficient (Wildman–Crippen LogP) is 0.638. The Morgan fingerprint density at radius 2 is 2.25 bits per heavy atom. The van der Waals surface area contributed by atoms with Gasteiger partial charge in [0.25, 0.3) is 0 Å². The van der Waals surface area contributed by atoms with E-state index in [9.17, 15) is 0 Å². The van der Waals surface area contributed by atoms with Gasteiger partial charge in [0.15, 0.2) is 0 Å². The van der Waals surface area contributed by atoms with E-state index in [1.165, 1.54) is 19.3 Å². The predicted molar refractivity (Wildman–Crippen MR) is 34.1 cm³/mol. The molecule has 0 radical (unpaired) electrons. The molecule has 1 aliphatic carbocycles. The molecule has 8 heavy (non-hydrogen) atoms. The Kier molecular flexibility index (Phi) is 1.86. The molecule has 0 bridgehead atoms. The first kappa shape index (κ1) is 6.05. The maximum absolute atomic E-state index is 5.25. The average Bonchev–Trinajstić information content (AvgIpc) is 2.14. The van der Waals surface area contributed by atoms with Crippen LogP contribution < -0.4 is 11.3 Å². The number of rotatable bonds is 1. The van der Waals surface area contributed by atoms with Crippen LogP contribution in [0.25, 0.3) is 0 Å². The van der Waals surface area contributed by atoms with Crippen molar-refractivity contribution in [2.75, 3.05) is 0 Å². The van der Waals surface area contributed by atoms with Crippen LogP contribution in [-0.2, 0) is 0 Å². The summed E-state index contributed by atoms with van der Waals surface area (Å²) in [5, 5.41) is 0. The van der Waals surface area contributed by atoms with E-state index in [-0.39, 0.29) is 0 Å². The zero-order valence-electron chi connectivity index (χ0n) is 5.35. The van der Waals surface area contributed by atoms with Crippen molar-refractivity contribution in [2.45, 2.75) is 32.2 Å². The highest BCUT2D eigenvalue weighted by Gasteiger charge is 2.18. The molecule has 0 heterocycles. The van der Waals surface area contributed by atoms with Gasteiger partial charge in [0.1, 0.15) is 0 Å². The zero-order valence-corrected chi connectivity index (χ0v) is 5.35. The Balaban J connectivity index is 2.22. The number of hydrazine groups is 1. The lowest BCUT2D eigenvalue weighted by atomic mass is 10.1. The van der Waals surface area contributed by atoms with Gasteiger partial charge in [0.05, 0.1) is 0 Å². The topological polar surface area (TPSA) is 38.0 Å². The zero-order chi connectivity index (χ0) is 5.98. The van der Waals surface area contributed by atoms with E-state index in [0.29, 0.717) is 6.04 Å². The molecule has 0 saturated heterocycles. The lowest BCUT2D eigenvalue weighted by Crippen LogP contribution is -2.32. The first-order chi connectivity index (χ1) is 3.83. The highest BCUT2D eigenvalue weighted by Crippen LogP contribution is 2.23.